The van der Waals surface area contributed by atoms with Crippen molar-refractivity contribution in [1.82, 2.24) is 5.32 Å². The number of rotatable bonds is 3. The molecule has 1 N–H and O–H groups in total. The topological polar surface area (TPSA) is 25.2 Å². The van der Waals surface area contributed by atoms with E-state index in [1.807, 2.05) is 19.2 Å². The van der Waals surface area contributed by atoms with Crippen LogP contribution in [0.2, 0.25) is 5.02 Å². The minimum absolute atomic E-state index is 0.116. The van der Waals surface area contributed by atoms with E-state index < -0.39 is 5.82 Å². The van der Waals surface area contributed by atoms with E-state index in [1.54, 1.807) is 6.07 Å². The van der Waals surface area contributed by atoms with Crippen LogP contribution >= 0.6 is 11.6 Å². The summed E-state index contributed by atoms with van der Waals surface area (Å²) in [6.45, 7) is 0.649. The second-order valence-electron chi connectivity index (χ2n) is 3.43. The Kier molecular flexibility index (Phi) is 3.27. The van der Waals surface area contributed by atoms with Gasteiger partial charge >= 0.3 is 0 Å². The van der Waals surface area contributed by atoms with Crippen molar-refractivity contribution in [2.24, 2.45) is 0 Å². The zero-order chi connectivity index (χ0) is 11.5. The molecule has 4 heteroatoms. The van der Waals surface area contributed by atoms with Crippen molar-refractivity contribution in [2.75, 3.05) is 7.05 Å². The van der Waals surface area contributed by atoms with Crippen molar-refractivity contribution in [3.8, 4) is 11.3 Å². The van der Waals surface area contributed by atoms with Crippen LogP contribution in [-0.2, 0) is 6.54 Å². The lowest BCUT2D eigenvalue weighted by Crippen LogP contribution is -2.03. The Morgan fingerprint density at radius 1 is 1.31 bits per heavy atom. The van der Waals surface area contributed by atoms with Crippen LogP contribution < -0.4 is 5.32 Å². The monoisotopic (exact) mass is 239 g/mol. The zero-order valence-corrected chi connectivity index (χ0v) is 9.51. The van der Waals surface area contributed by atoms with Gasteiger partial charge in [0.2, 0.25) is 0 Å². The summed E-state index contributed by atoms with van der Waals surface area (Å²) in [7, 11) is 1.84. The minimum Gasteiger partial charge on any atom is -0.460 e. The van der Waals surface area contributed by atoms with Crippen molar-refractivity contribution in [2.45, 2.75) is 6.54 Å². The third-order valence-electron chi connectivity index (χ3n) is 2.22. The molecule has 1 aromatic carbocycles. The molecule has 0 atom stereocenters. The molecule has 0 spiro atoms. The summed E-state index contributed by atoms with van der Waals surface area (Å²) >= 11 is 5.61. The van der Waals surface area contributed by atoms with E-state index in [1.165, 1.54) is 12.1 Å². The van der Waals surface area contributed by atoms with Crippen LogP contribution in [0.3, 0.4) is 0 Å². The summed E-state index contributed by atoms with van der Waals surface area (Å²) in [4.78, 5) is 0. The Morgan fingerprint density at radius 3 is 2.81 bits per heavy atom. The third kappa shape index (κ3) is 2.26. The van der Waals surface area contributed by atoms with Crippen molar-refractivity contribution in [3.63, 3.8) is 0 Å². The lowest BCUT2D eigenvalue weighted by atomic mass is 10.2. The molecule has 0 amide bonds. The standard InChI is InChI=1S/C12H11ClFNO/c1-15-7-9-3-5-12(16-9)8-2-4-10(13)11(14)6-8/h2-6,15H,7H2,1H3. The van der Waals surface area contributed by atoms with Gasteiger partial charge in [0.1, 0.15) is 17.3 Å². The summed E-state index contributed by atoms with van der Waals surface area (Å²) in [6, 6.07) is 8.29. The van der Waals surface area contributed by atoms with Gasteiger partial charge in [-0.05, 0) is 37.4 Å². The Labute approximate surface area is 98.0 Å². The normalized spacial score (nSPS) is 10.7. The summed E-state index contributed by atoms with van der Waals surface area (Å²) < 4.78 is 18.8. The fraction of sp³-hybridized carbons (Fsp3) is 0.167. The molecule has 0 saturated heterocycles. The Morgan fingerprint density at radius 2 is 2.12 bits per heavy atom. The summed E-state index contributed by atoms with van der Waals surface area (Å²) in [5.74, 6) is 1.01. The molecule has 0 unspecified atom stereocenters. The number of halogens is 2. The van der Waals surface area contributed by atoms with Crippen LogP contribution in [0.15, 0.2) is 34.7 Å². The summed E-state index contributed by atoms with van der Waals surface area (Å²) in [5.41, 5.74) is 0.684. The van der Waals surface area contributed by atoms with E-state index in [0.29, 0.717) is 17.9 Å². The van der Waals surface area contributed by atoms with Gasteiger partial charge in [0, 0.05) is 5.56 Å². The van der Waals surface area contributed by atoms with Gasteiger partial charge < -0.3 is 9.73 Å². The third-order valence-corrected chi connectivity index (χ3v) is 2.52. The van der Waals surface area contributed by atoms with E-state index in [9.17, 15) is 4.39 Å². The lowest BCUT2D eigenvalue weighted by Gasteiger charge is -1.99. The predicted molar refractivity (Wildman–Crippen MR) is 61.9 cm³/mol. The number of benzene rings is 1. The van der Waals surface area contributed by atoms with Gasteiger partial charge in [-0.3, -0.25) is 0 Å². The molecule has 2 nitrogen and oxygen atoms in total. The first kappa shape index (κ1) is 11.2. The van der Waals surface area contributed by atoms with Crippen LogP contribution in [-0.4, -0.2) is 7.05 Å². The molecule has 2 aromatic rings. The molecule has 1 aromatic heterocycles. The molecule has 0 bridgehead atoms. The number of hydrogen-bond donors (Lipinski definition) is 1. The average Bonchev–Trinajstić information content (AvgIpc) is 2.71. The van der Waals surface area contributed by atoms with Crippen LogP contribution in [0.1, 0.15) is 5.76 Å². The molecule has 0 aliphatic carbocycles. The van der Waals surface area contributed by atoms with Gasteiger partial charge in [0.05, 0.1) is 11.6 Å². The van der Waals surface area contributed by atoms with Crippen LogP contribution in [0.25, 0.3) is 11.3 Å². The maximum atomic E-state index is 13.2. The SMILES string of the molecule is CNCc1ccc(-c2ccc(Cl)c(F)c2)o1. The smallest absolute Gasteiger partial charge is 0.142 e. The second kappa shape index (κ2) is 4.68. The van der Waals surface area contributed by atoms with Gasteiger partial charge in [0.25, 0.3) is 0 Å². The Hall–Kier alpha value is -1.32. The molecule has 0 aliphatic rings. The van der Waals surface area contributed by atoms with Gasteiger partial charge in [0.15, 0.2) is 0 Å². The molecule has 16 heavy (non-hydrogen) atoms. The van der Waals surface area contributed by atoms with Crippen molar-refractivity contribution >= 4 is 11.6 Å². The molecular formula is C12H11ClFNO. The van der Waals surface area contributed by atoms with Gasteiger partial charge in [-0.2, -0.15) is 0 Å². The fourth-order valence-electron chi connectivity index (χ4n) is 1.45. The van der Waals surface area contributed by atoms with Crippen LogP contribution in [0.5, 0.6) is 0 Å². The quantitative estimate of drug-likeness (QED) is 0.888. The van der Waals surface area contributed by atoms with E-state index in [-0.39, 0.29) is 5.02 Å². The molecule has 0 fully saturated rings. The highest BCUT2D eigenvalue weighted by Crippen LogP contribution is 2.25. The Bertz CT molecular complexity index is 496. The molecule has 84 valence electrons. The largest absolute Gasteiger partial charge is 0.460 e. The highest BCUT2D eigenvalue weighted by molar-refractivity contribution is 6.30. The van der Waals surface area contributed by atoms with Crippen molar-refractivity contribution in [3.05, 3.63) is 46.9 Å². The fourth-order valence-corrected chi connectivity index (χ4v) is 1.57. The van der Waals surface area contributed by atoms with E-state index in [2.05, 4.69) is 5.32 Å². The average molecular weight is 240 g/mol. The highest BCUT2D eigenvalue weighted by atomic mass is 35.5. The molecule has 0 saturated carbocycles. The van der Waals surface area contributed by atoms with Crippen LogP contribution in [0.4, 0.5) is 4.39 Å². The van der Waals surface area contributed by atoms with Crippen molar-refractivity contribution in [1.29, 1.82) is 0 Å². The van der Waals surface area contributed by atoms with Gasteiger partial charge in [-0.1, -0.05) is 11.6 Å². The highest BCUT2D eigenvalue weighted by Gasteiger charge is 2.07. The number of furan rings is 1. The van der Waals surface area contributed by atoms with Crippen molar-refractivity contribution < 1.29 is 8.81 Å². The first-order valence-electron chi connectivity index (χ1n) is 4.89. The molecule has 0 aliphatic heterocycles. The second-order valence-corrected chi connectivity index (χ2v) is 3.83. The molecule has 0 radical (unpaired) electrons. The zero-order valence-electron chi connectivity index (χ0n) is 8.76. The number of hydrogen-bond acceptors (Lipinski definition) is 2. The maximum absolute atomic E-state index is 13.2. The molecule has 1 heterocycles. The van der Waals surface area contributed by atoms with Gasteiger partial charge in [-0.15, -0.1) is 0 Å². The Balaban J connectivity index is 2.31. The minimum atomic E-state index is -0.439. The summed E-state index contributed by atoms with van der Waals surface area (Å²) in [5, 5.41) is 3.10. The molecule has 2 rings (SSSR count). The van der Waals surface area contributed by atoms with E-state index >= 15 is 0 Å². The van der Waals surface area contributed by atoms with E-state index in [4.69, 9.17) is 16.0 Å². The predicted octanol–water partition coefficient (Wildman–Crippen LogP) is 3.46. The first-order chi connectivity index (χ1) is 7.70. The lowest BCUT2D eigenvalue weighted by molar-refractivity contribution is 0.506. The number of nitrogens with one attached hydrogen (secondary N) is 1. The van der Waals surface area contributed by atoms with Crippen LogP contribution in [0, 0.1) is 5.82 Å². The first-order valence-corrected chi connectivity index (χ1v) is 5.27. The molecular weight excluding hydrogens is 229 g/mol. The van der Waals surface area contributed by atoms with Gasteiger partial charge in [-0.25, -0.2) is 4.39 Å². The summed E-state index contributed by atoms with van der Waals surface area (Å²) in [6.07, 6.45) is 0. The maximum Gasteiger partial charge on any atom is 0.142 e. The van der Waals surface area contributed by atoms with E-state index in [0.717, 1.165) is 5.76 Å².